The monoisotopic (exact) mass is 406 g/mol. The number of Topliss-reactive ketones (excluding diaryl/α,β-unsaturated/α-hetero) is 1. The second-order valence-corrected chi connectivity index (χ2v) is 6.66. The molecule has 0 atom stereocenters. The summed E-state index contributed by atoms with van der Waals surface area (Å²) < 4.78 is 13.0. The van der Waals surface area contributed by atoms with Gasteiger partial charge in [-0.1, -0.05) is 11.8 Å². The summed E-state index contributed by atoms with van der Waals surface area (Å²) in [6, 6.07) is 3.47. The summed E-state index contributed by atoms with van der Waals surface area (Å²) in [4.78, 5) is 38.7. The van der Waals surface area contributed by atoms with Gasteiger partial charge < -0.3 is 19.5 Å². The molecule has 0 spiro atoms. The van der Waals surface area contributed by atoms with Crippen molar-refractivity contribution < 1.29 is 13.9 Å². The molecule has 12 heteroatoms. The van der Waals surface area contributed by atoms with Crippen LogP contribution in [0.15, 0.2) is 37.6 Å². The molecule has 0 unspecified atom stereocenters. The first-order valence-electron chi connectivity index (χ1n) is 8.14. The van der Waals surface area contributed by atoms with E-state index in [1.807, 2.05) is 0 Å². The molecule has 0 aliphatic heterocycles. The van der Waals surface area contributed by atoms with Gasteiger partial charge in [-0.2, -0.15) is 0 Å². The lowest BCUT2D eigenvalue weighted by molar-refractivity contribution is 0.102. The molecule has 0 bridgehead atoms. The molecule has 3 N–H and O–H groups in total. The van der Waals surface area contributed by atoms with Gasteiger partial charge in [0.2, 0.25) is 0 Å². The van der Waals surface area contributed by atoms with Crippen LogP contribution in [0.1, 0.15) is 10.4 Å². The third-order valence-corrected chi connectivity index (χ3v) is 4.97. The van der Waals surface area contributed by atoms with Crippen LogP contribution in [-0.4, -0.2) is 49.6 Å². The molecule has 0 aliphatic rings. The Morgan fingerprint density at radius 2 is 2.18 bits per heavy atom. The SMILES string of the molecule is COCCn1c(N)c(C(=O)CSc2nnc(-c3ccco3)n2C)c(=O)[nH]c1=O. The van der Waals surface area contributed by atoms with Crippen LogP contribution in [0.2, 0.25) is 0 Å². The Bertz CT molecular complexity index is 1100. The molecule has 3 rings (SSSR count). The zero-order valence-electron chi connectivity index (χ0n) is 15.2. The van der Waals surface area contributed by atoms with Gasteiger partial charge >= 0.3 is 5.69 Å². The number of nitrogen functional groups attached to an aromatic ring is 1. The second kappa shape index (κ2) is 8.27. The number of methoxy groups -OCH3 is 1. The van der Waals surface area contributed by atoms with Gasteiger partial charge in [-0.05, 0) is 12.1 Å². The zero-order valence-corrected chi connectivity index (χ0v) is 16.0. The van der Waals surface area contributed by atoms with Gasteiger partial charge in [-0.15, -0.1) is 10.2 Å². The smallest absolute Gasteiger partial charge is 0.330 e. The molecular formula is C16H18N6O5S. The average Bonchev–Trinajstić information content (AvgIpc) is 3.29. The van der Waals surface area contributed by atoms with Crippen molar-refractivity contribution >= 4 is 23.4 Å². The fraction of sp³-hybridized carbons (Fsp3) is 0.312. The third-order valence-electron chi connectivity index (χ3n) is 3.95. The van der Waals surface area contributed by atoms with E-state index in [1.54, 1.807) is 23.7 Å². The number of anilines is 1. The Balaban J connectivity index is 1.81. The third kappa shape index (κ3) is 3.77. The maximum absolute atomic E-state index is 12.6. The predicted molar refractivity (Wildman–Crippen MR) is 101 cm³/mol. The maximum Gasteiger partial charge on any atom is 0.330 e. The number of H-pyrrole nitrogens is 1. The van der Waals surface area contributed by atoms with Crippen LogP contribution in [-0.2, 0) is 18.3 Å². The van der Waals surface area contributed by atoms with Crippen molar-refractivity contribution in [3.05, 3.63) is 44.8 Å². The summed E-state index contributed by atoms with van der Waals surface area (Å²) in [5, 5.41) is 8.53. The van der Waals surface area contributed by atoms with E-state index in [1.165, 1.54) is 13.4 Å². The van der Waals surface area contributed by atoms with Gasteiger partial charge in [-0.3, -0.25) is 19.1 Å². The number of nitrogens with one attached hydrogen (secondary N) is 1. The molecule has 3 aromatic heterocycles. The number of nitrogens with zero attached hydrogens (tertiary/aromatic N) is 4. The molecule has 28 heavy (non-hydrogen) atoms. The minimum Gasteiger partial charge on any atom is -0.461 e. The number of thioether (sulfide) groups is 1. The van der Waals surface area contributed by atoms with E-state index in [0.717, 1.165) is 16.3 Å². The number of hydrogen-bond acceptors (Lipinski definition) is 9. The number of hydrogen-bond donors (Lipinski definition) is 2. The number of furan rings is 1. The molecule has 0 aliphatic carbocycles. The quantitative estimate of drug-likeness (QED) is 0.393. The summed E-state index contributed by atoms with van der Waals surface area (Å²) in [6.07, 6.45) is 1.52. The van der Waals surface area contributed by atoms with Crippen LogP contribution in [0.25, 0.3) is 11.6 Å². The molecule has 11 nitrogen and oxygen atoms in total. The van der Waals surface area contributed by atoms with E-state index in [0.29, 0.717) is 16.7 Å². The Morgan fingerprint density at radius 1 is 1.39 bits per heavy atom. The Hall–Kier alpha value is -3.12. The summed E-state index contributed by atoms with van der Waals surface area (Å²) in [6.45, 7) is 0.314. The molecule has 0 fully saturated rings. The highest BCUT2D eigenvalue weighted by molar-refractivity contribution is 7.99. The van der Waals surface area contributed by atoms with Crippen LogP contribution in [0.4, 0.5) is 5.82 Å². The average molecular weight is 406 g/mol. The first kappa shape index (κ1) is 19.6. The molecular weight excluding hydrogens is 388 g/mol. The number of nitrogens with two attached hydrogens (primary N) is 1. The summed E-state index contributed by atoms with van der Waals surface area (Å²) in [7, 11) is 3.20. The molecule has 148 valence electrons. The second-order valence-electron chi connectivity index (χ2n) is 5.72. The van der Waals surface area contributed by atoms with E-state index in [-0.39, 0.29) is 30.3 Å². The standard InChI is InChI=1S/C16H18N6O5S/c1-21-13(10-4-3-6-27-10)19-20-16(21)28-8-9(23)11-12(17)22(5-7-26-2)15(25)18-14(11)24/h3-4,6H,5,7-8,17H2,1-2H3,(H,18,24,25). The van der Waals surface area contributed by atoms with Crippen molar-refractivity contribution in [2.75, 3.05) is 25.2 Å². The Kier molecular flexibility index (Phi) is 5.80. The van der Waals surface area contributed by atoms with E-state index < -0.39 is 17.0 Å². The fourth-order valence-corrected chi connectivity index (χ4v) is 3.31. The van der Waals surface area contributed by atoms with Gasteiger partial charge in [-0.25, -0.2) is 4.79 Å². The van der Waals surface area contributed by atoms with Crippen molar-refractivity contribution in [3.8, 4) is 11.6 Å². The van der Waals surface area contributed by atoms with Crippen LogP contribution in [0.3, 0.4) is 0 Å². The van der Waals surface area contributed by atoms with E-state index in [4.69, 9.17) is 14.9 Å². The van der Waals surface area contributed by atoms with Gasteiger partial charge in [0.1, 0.15) is 11.4 Å². The van der Waals surface area contributed by atoms with E-state index >= 15 is 0 Å². The minimum atomic E-state index is -0.823. The number of carbonyl (C=O) groups is 1. The molecule has 0 amide bonds. The van der Waals surface area contributed by atoms with Gasteiger partial charge in [0.25, 0.3) is 5.56 Å². The predicted octanol–water partition coefficient (Wildman–Crippen LogP) is 0.129. The summed E-state index contributed by atoms with van der Waals surface area (Å²) in [5.41, 5.74) is 4.12. The highest BCUT2D eigenvalue weighted by Gasteiger charge is 2.21. The Morgan fingerprint density at radius 3 is 2.86 bits per heavy atom. The first-order valence-corrected chi connectivity index (χ1v) is 9.13. The van der Waals surface area contributed by atoms with Crippen LogP contribution < -0.4 is 17.0 Å². The molecule has 0 radical (unpaired) electrons. The lowest BCUT2D eigenvalue weighted by atomic mass is 10.2. The van der Waals surface area contributed by atoms with Crippen molar-refractivity contribution in [2.45, 2.75) is 11.7 Å². The zero-order chi connectivity index (χ0) is 20.3. The number of aromatic amines is 1. The number of ketones is 1. The number of aromatic nitrogens is 5. The molecule has 3 aromatic rings. The number of rotatable bonds is 8. The fourth-order valence-electron chi connectivity index (χ4n) is 2.53. The highest BCUT2D eigenvalue weighted by Crippen LogP contribution is 2.23. The molecule has 0 saturated heterocycles. The van der Waals surface area contributed by atoms with Crippen molar-refractivity contribution in [1.82, 2.24) is 24.3 Å². The largest absolute Gasteiger partial charge is 0.461 e. The van der Waals surface area contributed by atoms with Gasteiger partial charge in [0, 0.05) is 14.2 Å². The lowest BCUT2D eigenvalue weighted by Gasteiger charge is -2.11. The van der Waals surface area contributed by atoms with E-state index in [2.05, 4.69) is 15.2 Å². The van der Waals surface area contributed by atoms with Crippen molar-refractivity contribution in [1.29, 1.82) is 0 Å². The molecule has 0 aromatic carbocycles. The van der Waals surface area contributed by atoms with Crippen molar-refractivity contribution in [2.24, 2.45) is 7.05 Å². The summed E-state index contributed by atoms with van der Waals surface area (Å²) in [5.74, 6) is 0.215. The van der Waals surface area contributed by atoms with Gasteiger partial charge in [0.05, 0.1) is 25.2 Å². The highest BCUT2D eigenvalue weighted by atomic mass is 32.2. The molecule has 3 heterocycles. The molecule has 0 saturated carbocycles. The lowest BCUT2D eigenvalue weighted by Crippen LogP contribution is -2.37. The summed E-state index contributed by atoms with van der Waals surface area (Å²) >= 11 is 1.09. The number of ether oxygens (including phenoxy) is 1. The topological polar surface area (TPSA) is 151 Å². The maximum atomic E-state index is 12.6. The Labute approximate surface area is 162 Å². The minimum absolute atomic E-state index is 0.111. The number of carbonyl (C=O) groups excluding carboxylic acids is 1. The van der Waals surface area contributed by atoms with Crippen LogP contribution in [0.5, 0.6) is 0 Å². The van der Waals surface area contributed by atoms with E-state index in [9.17, 15) is 14.4 Å². The van der Waals surface area contributed by atoms with Crippen molar-refractivity contribution in [3.63, 3.8) is 0 Å². The van der Waals surface area contributed by atoms with Crippen LogP contribution in [0, 0.1) is 0 Å². The normalized spacial score (nSPS) is 11.1. The van der Waals surface area contributed by atoms with Crippen LogP contribution >= 0.6 is 11.8 Å². The first-order chi connectivity index (χ1) is 13.4. The van der Waals surface area contributed by atoms with Gasteiger partial charge in [0.15, 0.2) is 22.5 Å².